The molecule has 0 aliphatic heterocycles. The van der Waals surface area contributed by atoms with E-state index in [4.69, 9.17) is 0 Å². The van der Waals surface area contributed by atoms with Gasteiger partial charge in [-0.2, -0.15) is 0 Å². The molecule has 2 heteroatoms. The van der Waals surface area contributed by atoms with E-state index in [0.717, 1.165) is 18.5 Å². The van der Waals surface area contributed by atoms with Gasteiger partial charge in [-0.3, -0.25) is 4.98 Å². The Kier molecular flexibility index (Phi) is 4.50. The third-order valence-electron chi connectivity index (χ3n) is 4.13. The first-order chi connectivity index (χ1) is 10.8. The van der Waals surface area contributed by atoms with Crippen molar-refractivity contribution in [3.63, 3.8) is 0 Å². The van der Waals surface area contributed by atoms with Gasteiger partial charge in [-0.15, -0.1) is 0 Å². The predicted octanol–water partition coefficient (Wildman–Crippen LogP) is 4.32. The summed E-state index contributed by atoms with van der Waals surface area (Å²) in [5.41, 5.74) is 3.82. The number of hydrogen-bond acceptors (Lipinski definition) is 2. The zero-order chi connectivity index (χ0) is 15.4. The summed E-state index contributed by atoms with van der Waals surface area (Å²) in [4.78, 5) is 6.75. The number of para-hydroxylation sites is 1. The average molecular weight is 290 g/mol. The van der Waals surface area contributed by atoms with Crippen molar-refractivity contribution in [2.75, 3.05) is 20.6 Å². The number of pyridine rings is 1. The Morgan fingerprint density at radius 3 is 2.41 bits per heavy atom. The lowest BCUT2D eigenvalue weighted by molar-refractivity contribution is 0.391. The standard InChI is InChI=1S/C20H22N2/c1-22(2)15-13-17(16-8-4-3-5-9-16)18-12-14-21-20-11-7-6-10-19(18)20/h3-12,14,17H,13,15H2,1-2H3. The molecule has 0 aliphatic carbocycles. The van der Waals surface area contributed by atoms with E-state index in [2.05, 4.69) is 84.6 Å². The fraction of sp³-hybridized carbons (Fsp3) is 0.250. The molecule has 2 nitrogen and oxygen atoms in total. The molecule has 0 saturated carbocycles. The Labute approximate surface area is 132 Å². The van der Waals surface area contributed by atoms with Gasteiger partial charge >= 0.3 is 0 Å². The first kappa shape index (κ1) is 14.7. The van der Waals surface area contributed by atoms with Gasteiger partial charge < -0.3 is 4.90 Å². The van der Waals surface area contributed by atoms with Crippen molar-refractivity contribution in [3.8, 4) is 0 Å². The maximum atomic E-state index is 4.50. The van der Waals surface area contributed by atoms with Crippen LogP contribution in [0.5, 0.6) is 0 Å². The van der Waals surface area contributed by atoms with E-state index in [9.17, 15) is 0 Å². The molecule has 0 N–H and O–H groups in total. The Morgan fingerprint density at radius 1 is 0.909 bits per heavy atom. The van der Waals surface area contributed by atoms with E-state index in [1.807, 2.05) is 6.20 Å². The fourth-order valence-corrected chi connectivity index (χ4v) is 3.00. The Balaban J connectivity index is 2.07. The van der Waals surface area contributed by atoms with Crippen LogP contribution in [0.15, 0.2) is 66.9 Å². The molecule has 0 spiro atoms. The van der Waals surface area contributed by atoms with Gasteiger partial charge in [-0.05, 0) is 50.3 Å². The number of fused-ring (bicyclic) bond motifs is 1. The number of nitrogens with zero attached hydrogens (tertiary/aromatic N) is 2. The molecule has 22 heavy (non-hydrogen) atoms. The first-order valence-electron chi connectivity index (χ1n) is 7.79. The summed E-state index contributed by atoms with van der Waals surface area (Å²) in [6.45, 7) is 1.07. The first-order valence-corrected chi connectivity index (χ1v) is 7.79. The summed E-state index contributed by atoms with van der Waals surface area (Å²) in [5, 5.41) is 1.26. The minimum absolute atomic E-state index is 0.400. The Hall–Kier alpha value is -2.19. The molecular weight excluding hydrogens is 268 g/mol. The molecule has 1 unspecified atom stereocenters. The monoisotopic (exact) mass is 290 g/mol. The van der Waals surface area contributed by atoms with Crippen LogP contribution in [0.1, 0.15) is 23.5 Å². The highest BCUT2D eigenvalue weighted by atomic mass is 15.0. The van der Waals surface area contributed by atoms with Crippen LogP contribution in [0.25, 0.3) is 10.9 Å². The lowest BCUT2D eigenvalue weighted by Crippen LogP contribution is -2.16. The molecule has 0 amide bonds. The summed E-state index contributed by atoms with van der Waals surface area (Å²) in [5.74, 6) is 0.400. The molecular formula is C20H22N2. The van der Waals surface area contributed by atoms with Gasteiger partial charge in [-0.1, -0.05) is 48.5 Å². The summed E-state index contributed by atoms with van der Waals surface area (Å²) >= 11 is 0. The van der Waals surface area contributed by atoms with Gasteiger partial charge in [0, 0.05) is 17.5 Å². The van der Waals surface area contributed by atoms with Crippen molar-refractivity contribution in [1.82, 2.24) is 9.88 Å². The molecule has 3 rings (SSSR count). The smallest absolute Gasteiger partial charge is 0.0704 e. The molecule has 1 heterocycles. The second-order valence-electron chi connectivity index (χ2n) is 5.97. The zero-order valence-electron chi connectivity index (χ0n) is 13.2. The number of benzene rings is 2. The maximum Gasteiger partial charge on any atom is 0.0704 e. The normalized spacial score (nSPS) is 12.7. The summed E-state index contributed by atoms with van der Waals surface area (Å²) in [7, 11) is 4.26. The lowest BCUT2D eigenvalue weighted by Gasteiger charge is -2.21. The van der Waals surface area contributed by atoms with Crippen LogP contribution in [0.3, 0.4) is 0 Å². The summed E-state index contributed by atoms with van der Waals surface area (Å²) in [6.07, 6.45) is 3.04. The highest BCUT2D eigenvalue weighted by Crippen LogP contribution is 2.32. The second-order valence-corrected chi connectivity index (χ2v) is 5.97. The molecule has 0 radical (unpaired) electrons. The van der Waals surface area contributed by atoms with Crippen molar-refractivity contribution in [2.24, 2.45) is 0 Å². The Morgan fingerprint density at radius 2 is 1.64 bits per heavy atom. The summed E-state index contributed by atoms with van der Waals surface area (Å²) in [6, 6.07) is 21.4. The molecule has 0 fully saturated rings. The van der Waals surface area contributed by atoms with Crippen molar-refractivity contribution < 1.29 is 0 Å². The van der Waals surface area contributed by atoms with E-state index in [0.29, 0.717) is 5.92 Å². The maximum absolute atomic E-state index is 4.50. The molecule has 1 atom stereocenters. The molecule has 0 bridgehead atoms. The minimum atomic E-state index is 0.400. The summed E-state index contributed by atoms with van der Waals surface area (Å²) < 4.78 is 0. The topological polar surface area (TPSA) is 16.1 Å². The van der Waals surface area contributed by atoms with E-state index < -0.39 is 0 Å². The number of aromatic nitrogens is 1. The van der Waals surface area contributed by atoms with Crippen LogP contribution in [0, 0.1) is 0 Å². The van der Waals surface area contributed by atoms with E-state index in [1.165, 1.54) is 16.5 Å². The number of rotatable bonds is 5. The molecule has 2 aromatic carbocycles. The third-order valence-corrected chi connectivity index (χ3v) is 4.13. The highest BCUT2D eigenvalue weighted by molar-refractivity contribution is 5.82. The van der Waals surface area contributed by atoms with Crippen molar-refractivity contribution in [3.05, 3.63) is 78.0 Å². The fourth-order valence-electron chi connectivity index (χ4n) is 3.00. The molecule has 0 saturated heterocycles. The van der Waals surface area contributed by atoms with Crippen molar-refractivity contribution in [1.29, 1.82) is 0 Å². The van der Waals surface area contributed by atoms with Crippen LogP contribution < -0.4 is 0 Å². The lowest BCUT2D eigenvalue weighted by atomic mass is 9.86. The van der Waals surface area contributed by atoms with Gasteiger partial charge in [0.25, 0.3) is 0 Å². The van der Waals surface area contributed by atoms with Crippen LogP contribution in [0.2, 0.25) is 0 Å². The minimum Gasteiger partial charge on any atom is -0.309 e. The van der Waals surface area contributed by atoms with Gasteiger partial charge in [0.05, 0.1) is 5.52 Å². The van der Waals surface area contributed by atoms with Crippen LogP contribution in [-0.4, -0.2) is 30.5 Å². The van der Waals surface area contributed by atoms with Crippen LogP contribution in [0.4, 0.5) is 0 Å². The van der Waals surface area contributed by atoms with Crippen LogP contribution in [-0.2, 0) is 0 Å². The van der Waals surface area contributed by atoms with Gasteiger partial charge in [0.2, 0.25) is 0 Å². The van der Waals surface area contributed by atoms with E-state index in [1.54, 1.807) is 0 Å². The quantitative estimate of drug-likeness (QED) is 0.695. The number of hydrogen-bond donors (Lipinski definition) is 0. The highest BCUT2D eigenvalue weighted by Gasteiger charge is 2.17. The van der Waals surface area contributed by atoms with Gasteiger partial charge in [0.1, 0.15) is 0 Å². The SMILES string of the molecule is CN(C)CCC(c1ccccc1)c1ccnc2ccccc12. The largest absolute Gasteiger partial charge is 0.309 e. The average Bonchev–Trinajstić information content (AvgIpc) is 2.56. The Bertz CT molecular complexity index is 730. The second kappa shape index (κ2) is 6.71. The van der Waals surface area contributed by atoms with Crippen molar-refractivity contribution >= 4 is 10.9 Å². The van der Waals surface area contributed by atoms with E-state index in [-0.39, 0.29) is 0 Å². The zero-order valence-corrected chi connectivity index (χ0v) is 13.2. The predicted molar refractivity (Wildman–Crippen MR) is 93.2 cm³/mol. The molecule has 0 aliphatic rings. The van der Waals surface area contributed by atoms with E-state index >= 15 is 0 Å². The molecule has 3 aromatic rings. The molecule has 1 aromatic heterocycles. The van der Waals surface area contributed by atoms with Gasteiger partial charge in [-0.25, -0.2) is 0 Å². The van der Waals surface area contributed by atoms with Crippen LogP contribution >= 0.6 is 0 Å². The third kappa shape index (κ3) is 3.18. The van der Waals surface area contributed by atoms with Gasteiger partial charge in [0.15, 0.2) is 0 Å². The molecule has 112 valence electrons. The van der Waals surface area contributed by atoms with Crippen molar-refractivity contribution in [2.45, 2.75) is 12.3 Å².